The molecule has 0 bridgehead atoms. The molecule has 215 valence electrons. The van der Waals surface area contributed by atoms with Gasteiger partial charge in [-0.1, -0.05) is 84.9 Å². The number of aromatic hydroxyl groups is 2. The molecule has 0 saturated heterocycles. The standard InChI is InChI=1S/2C15H12N4OS.Mn/c2*20-13-9-5-4-8-12(13)10-16-19-14(17-18-15(19)21)11-6-2-1-3-7-11;/h2*1-10,20H,(H,18,21);/b2*16-10-;. The molecule has 1 radical (unpaired) electrons. The molecule has 0 aliphatic carbocycles. The molecule has 10 nitrogen and oxygen atoms in total. The molecule has 0 spiro atoms. The summed E-state index contributed by atoms with van der Waals surface area (Å²) in [5, 5.41) is 41.9. The summed E-state index contributed by atoms with van der Waals surface area (Å²) in [6, 6.07) is 33.2. The molecule has 0 fully saturated rings. The van der Waals surface area contributed by atoms with Crippen LogP contribution in [0.4, 0.5) is 0 Å². The molecular weight excluding hydrogens is 623 g/mol. The Balaban J connectivity index is 0.000000192. The number of phenolic OH excluding ortho intramolecular Hbond substituents is 2. The van der Waals surface area contributed by atoms with E-state index in [0.717, 1.165) is 11.1 Å². The fourth-order valence-corrected chi connectivity index (χ4v) is 4.14. The summed E-state index contributed by atoms with van der Waals surface area (Å²) < 4.78 is 3.83. The Morgan fingerprint density at radius 3 is 1.28 bits per heavy atom. The number of nitrogens with one attached hydrogen (secondary N) is 2. The normalized spacial score (nSPS) is 10.8. The van der Waals surface area contributed by atoms with Crippen molar-refractivity contribution in [1.29, 1.82) is 0 Å². The van der Waals surface area contributed by atoms with Crippen LogP contribution in [0.3, 0.4) is 0 Å². The van der Waals surface area contributed by atoms with Crippen molar-refractivity contribution in [3.8, 4) is 34.3 Å². The predicted octanol–water partition coefficient (Wildman–Crippen LogP) is 6.39. The van der Waals surface area contributed by atoms with Gasteiger partial charge in [0.15, 0.2) is 11.6 Å². The topological polar surface area (TPSA) is 132 Å². The van der Waals surface area contributed by atoms with E-state index >= 15 is 0 Å². The van der Waals surface area contributed by atoms with E-state index < -0.39 is 0 Å². The van der Waals surface area contributed by atoms with Crippen molar-refractivity contribution >= 4 is 36.9 Å². The molecule has 0 saturated carbocycles. The molecule has 2 heterocycles. The summed E-state index contributed by atoms with van der Waals surface area (Å²) >= 11 is 10.4. The van der Waals surface area contributed by atoms with Gasteiger partial charge in [0, 0.05) is 39.3 Å². The van der Waals surface area contributed by atoms with Crippen LogP contribution in [-0.2, 0) is 17.1 Å². The Kier molecular flexibility index (Phi) is 10.7. The van der Waals surface area contributed by atoms with E-state index in [4.69, 9.17) is 24.4 Å². The van der Waals surface area contributed by atoms with E-state index in [1.54, 1.807) is 48.8 Å². The molecule has 13 heteroatoms. The first-order chi connectivity index (χ1) is 20.5. The number of phenols is 2. The number of aromatic nitrogens is 6. The van der Waals surface area contributed by atoms with Crippen molar-refractivity contribution in [2.45, 2.75) is 0 Å². The van der Waals surface area contributed by atoms with Crippen LogP contribution in [0.5, 0.6) is 11.5 Å². The molecule has 6 aromatic rings. The van der Waals surface area contributed by atoms with Crippen LogP contribution in [-0.4, -0.2) is 52.4 Å². The molecule has 0 atom stereocenters. The van der Waals surface area contributed by atoms with Gasteiger partial charge >= 0.3 is 0 Å². The fraction of sp³-hybridized carbons (Fsp3) is 0. The fourth-order valence-electron chi connectivity index (χ4n) is 3.78. The molecule has 0 aliphatic rings. The summed E-state index contributed by atoms with van der Waals surface area (Å²) in [7, 11) is 0. The first kappa shape index (κ1) is 31.0. The summed E-state index contributed by atoms with van der Waals surface area (Å²) in [6.07, 6.45) is 3.10. The van der Waals surface area contributed by atoms with Gasteiger partial charge in [0.1, 0.15) is 11.5 Å². The van der Waals surface area contributed by atoms with E-state index in [-0.39, 0.29) is 28.6 Å². The van der Waals surface area contributed by atoms with Crippen molar-refractivity contribution in [3.05, 3.63) is 130 Å². The monoisotopic (exact) mass is 647 g/mol. The van der Waals surface area contributed by atoms with Crippen LogP contribution in [0, 0.1) is 9.54 Å². The number of para-hydroxylation sites is 2. The van der Waals surface area contributed by atoms with Crippen LogP contribution in [0.15, 0.2) is 119 Å². The van der Waals surface area contributed by atoms with Crippen LogP contribution in [0.2, 0.25) is 0 Å². The minimum absolute atomic E-state index is 0. The van der Waals surface area contributed by atoms with Crippen molar-refractivity contribution in [1.82, 2.24) is 29.7 Å². The van der Waals surface area contributed by atoms with Crippen LogP contribution in [0.1, 0.15) is 11.1 Å². The van der Waals surface area contributed by atoms with Crippen molar-refractivity contribution < 1.29 is 27.3 Å². The molecule has 0 unspecified atom stereocenters. The second-order valence-electron chi connectivity index (χ2n) is 8.67. The third-order valence-corrected chi connectivity index (χ3v) is 6.39. The zero-order valence-corrected chi connectivity index (χ0v) is 25.1. The average molecular weight is 648 g/mol. The smallest absolute Gasteiger partial charge is 0.216 e. The third kappa shape index (κ3) is 7.67. The van der Waals surface area contributed by atoms with Crippen LogP contribution < -0.4 is 0 Å². The van der Waals surface area contributed by atoms with Gasteiger partial charge in [0.25, 0.3) is 0 Å². The van der Waals surface area contributed by atoms with Crippen LogP contribution in [0.25, 0.3) is 22.8 Å². The van der Waals surface area contributed by atoms with E-state index in [2.05, 4.69) is 30.6 Å². The minimum Gasteiger partial charge on any atom is -0.507 e. The number of rotatable bonds is 6. The molecule has 43 heavy (non-hydrogen) atoms. The zero-order chi connectivity index (χ0) is 29.3. The first-order valence-corrected chi connectivity index (χ1v) is 13.4. The van der Waals surface area contributed by atoms with Gasteiger partial charge in [0.05, 0.1) is 12.4 Å². The Morgan fingerprint density at radius 2 is 0.907 bits per heavy atom. The van der Waals surface area contributed by atoms with Crippen molar-refractivity contribution in [2.75, 3.05) is 0 Å². The molecule has 0 amide bonds. The summed E-state index contributed by atoms with van der Waals surface area (Å²) in [5.74, 6) is 1.56. The molecule has 0 aliphatic heterocycles. The number of hydrogen-bond donors (Lipinski definition) is 4. The van der Waals surface area contributed by atoms with E-state index in [1.165, 1.54) is 9.35 Å². The second-order valence-corrected chi connectivity index (χ2v) is 9.44. The largest absolute Gasteiger partial charge is 0.507 e. The van der Waals surface area contributed by atoms with Gasteiger partial charge in [-0.3, -0.25) is 0 Å². The van der Waals surface area contributed by atoms with E-state index in [1.807, 2.05) is 72.8 Å². The number of aromatic amines is 2. The van der Waals surface area contributed by atoms with Crippen molar-refractivity contribution in [2.24, 2.45) is 10.2 Å². The van der Waals surface area contributed by atoms with Gasteiger partial charge in [0.2, 0.25) is 9.54 Å². The number of hydrogen-bond acceptors (Lipinski definition) is 8. The van der Waals surface area contributed by atoms with E-state index in [9.17, 15) is 10.2 Å². The number of H-pyrrole nitrogens is 2. The van der Waals surface area contributed by atoms with Gasteiger partial charge in [-0.2, -0.15) is 29.8 Å². The zero-order valence-electron chi connectivity index (χ0n) is 22.3. The van der Waals surface area contributed by atoms with E-state index in [0.29, 0.717) is 32.3 Å². The number of benzene rings is 4. The Labute approximate surface area is 267 Å². The maximum atomic E-state index is 9.74. The van der Waals surface area contributed by atoms with Crippen LogP contribution >= 0.6 is 24.4 Å². The minimum atomic E-state index is 0. The summed E-state index contributed by atoms with van der Waals surface area (Å²) in [6.45, 7) is 0. The Bertz CT molecular complexity index is 1820. The number of nitrogens with zero attached hydrogens (tertiary/aromatic N) is 6. The second kappa shape index (κ2) is 14.8. The summed E-state index contributed by atoms with van der Waals surface area (Å²) in [5.41, 5.74) is 3.03. The predicted molar refractivity (Wildman–Crippen MR) is 168 cm³/mol. The molecule has 4 aromatic carbocycles. The van der Waals surface area contributed by atoms with Crippen molar-refractivity contribution in [3.63, 3.8) is 0 Å². The average Bonchev–Trinajstić information content (AvgIpc) is 3.59. The third-order valence-electron chi connectivity index (χ3n) is 5.86. The Morgan fingerprint density at radius 1 is 0.558 bits per heavy atom. The van der Waals surface area contributed by atoms with Gasteiger partial charge < -0.3 is 10.2 Å². The molecule has 6 rings (SSSR count). The van der Waals surface area contributed by atoms with Gasteiger partial charge in [-0.25, -0.2) is 10.2 Å². The van der Waals surface area contributed by atoms with Gasteiger partial charge in [-0.15, -0.1) is 0 Å². The Hall–Kier alpha value is -4.94. The first-order valence-electron chi connectivity index (χ1n) is 12.6. The maximum Gasteiger partial charge on any atom is 0.216 e. The molecular formula is C30H24MnN8O2S2. The van der Waals surface area contributed by atoms with Gasteiger partial charge in [-0.05, 0) is 48.7 Å². The maximum absolute atomic E-state index is 9.74. The molecule has 2 aromatic heterocycles. The quantitative estimate of drug-likeness (QED) is 0.0942. The molecule has 4 N–H and O–H groups in total. The summed E-state index contributed by atoms with van der Waals surface area (Å²) in [4.78, 5) is 0. The SMILES string of the molecule is Oc1ccccc1/C=N\n1c(-c2ccccc2)n[nH]c1=S.Oc1ccccc1/C=N\n1c(-c2ccccc2)n[nH]c1=S.[Mn].